The second kappa shape index (κ2) is 21.1. The van der Waals surface area contributed by atoms with Gasteiger partial charge in [-0.2, -0.15) is 0 Å². The number of alkyl halides is 1. The second-order valence-corrected chi connectivity index (χ2v) is 17.5. The average molecular weight is 862 g/mol. The second-order valence-electron chi connectivity index (χ2n) is 17.1. The van der Waals surface area contributed by atoms with E-state index in [1.807, 2.05) is 58.0 Å². The molecule has 3 aliphatic rings. The number of nitrogens with zero attached hydrogens (tertiary/aromatic N) is 3. The molecular weight excluding hydrogens is 801 g/mol. The molecule has 6 atom stereocenters. The zero-order valence-corrected chi connectivity index (χ0v) is 36.6. The minimum Gasteiger partial charge on any atom is -0.487 e. The van der Waals surface area contributed by atoms with Gasteiger partial charge in [0.2, 0.25) is 5.79 Å². The topological polar surface area (TPSA) is 132 Å². The van der Waals surface area contributed by atoms with Crippen molar-refractivity contribution in [2.75, 3.05) is 32.3 Å². The van der Waals surface area contributed by atoms with Crippen LogP contribution in [0.25, 0.3) is 0 Å². The normalized spacial score (nSPS) is 23.6. The van der Waals surface area contributed by atoms with Crippen LogP contribution in [0.5, 0.6) is 11.5 Å². The Morgan fingerprint density at radius 3 is 2.52 bits per heavy atom. The van der Waals surface area contributed by atoms with E-state index in [0.717, 1.165) is 48.2 Å². The molecule has 0 saturated heterocycles. The third-order valence-corrected chi connectivity index (χ3v) is 11.7. The van der Waals surface area contributed by atoms with E-state index >= 15 is 0 Å². The van der Waals surface area contributed by atoms with E-state index in [1.54, 1.807) is 23.1 Å². The highest BCUT2D eigenvalue weighted by Crippen LogP contribution is 2.62. The molecule has 2 aliphatic carbocycles. The van der Waals surface area contributed by atoms with Gasteiger partial charge < -0.3 is 34.0 Å². The molecule has 1 aliphatic heterocycles. The van der Waals surface area contributed by atoms with Gasteiger partial charge in [-0.15, -0.1) is 18.2 Å². The van der Waals surface area contributed by atoms with Gasteiger partial charge in [-0.1, -0.05) is 48.3 Å². The summed E-state index contributed by atoms with van der Waals surface area (Å²) in [5.41, 5.74) is 4.20. The van der Waals surface area contributed by atoms with Gasteiger partial charge in [0.15, 0.2) is 0 Å². The molecule has 1 fully saturated rings. The van der Waals surface area contributed by atoms with Crippen molar-refractivity contribution >= 4 is 23.4 Å². The smallest absolute Gasteiger partial charge is 0.410 e. The minimum absolute atomic E-state index is 0.0133. The van der Waals surface area contributed by atoms with Crippen molar-refractivity contribution in [2.45, 2.75) is 109 Å². The number of aliphatic hydroxyl groups excluding tert-OH is 2. The van der Waals surface area contributed by atoms with Crippen LogP contribution in [0.1, 0.15) is 94.1 Å². The van der Waals surface area contributed by atoms with Crippen molar-refractivity contribution in [3.05, 3.63) is 113 Å². The Bertz CT molecular complexity index is 2000. The molecule has 6 rings (SSSR count). The van der Waals surface area contributed by atoms with Gasteiger partial charge in [0, 0.05) is 43.4 Å². The third-order valence-electron chi connectivity index (χ3n) is 11.6. The number of ether oxygens (including phenoxy) is 4. The zero-order valence-electron chi connectivity index (χ0n) is 35.9. The molecule has 2 aromatic carbocycles. The molecule has 6 unspecified atom stereocenters. The first-order valence-electron chi connectivity index (χ1n) is 21.5. The van der Waals surface area contributed by atoms with Crippen LogP contribution in [-0.4, -0.2) is 81.6 Å². The van der Waals surface area contributed by atoms with E-state index in [-0.39, 0.29) is 69.6 Å². The molecule has 2 N–H and O–H groups in total. The number of hydrogen-bond acceptors (Lipinski definition) is 10. The SMILES string of the molecule is C=CCOC12Oc3ccc(OCc4cccc(C)n4)cc3C3C(CCCCO)C(CCCCO)C=C(C(=NOC(C)(C)C)CC1N(Cc1ccc(F)cc1)C(=O)OCCCl)C32. The van der Waals surface area contributed by atoms with Crippen LogP contribution in [0.2, 0.25) is 0 Å². The van der Waals surface area contributed by atoms with Crippen LogP contribution < -0.4 is 9.47 Å². The number of carbonyl (C=O) groups excluding carboxylic acids is 1. The Balaban J connectivity index is 1.59. The summed E-state index contributed by atoms with van der Waals surface area (Å²) in [7, 11) is 0. The number of allylic oxidation sites excluding steroid dienone is 1. The number of halogens is 2. The van der Waals surface area contributed by atoms with E-state index in [2.05, 4.69) is 23.7 Å². The summed E-state index contributed by atoms with van der Waals surface area (Å²) in [6.45, 7) is 12.3. The monoisotopic (exact) mass is 861 g/mol. The van der Waals surface area contributed by atoms with Gasteiger partial charge in [-0.05, 0) is 119 Å². The zero-order chi connectivity index (χ0) is 43.6. The molecule has 0 bridgehead atoms. The molecule has 13 heteroatoms. The fraction of sp³-hybridized carbons (Fsp3) is 0.521. The van der Waals surface area contributed by atoms with E-state index in [1.165, 1.54) is 12.1 Å². The fourth-order valence-corrected chi connectivity index (χ4v) is 9.14. The summed E-state index contributed by atoms with van der Waals surface area (Å²) < 4.78 is 40.8. The fourth-order valence-electron chi connectivity index (χ4n) is 9.06. The number of amides is 1. The molecule has 2 heterocycles. The number of oxime groups is 1. The van der Waals surface area contributed by atoms with Crippen molar-refractivity contribution in [3.8, 4) is 11.5 Å². The number of aryl methyl sites for hydroxylation is 1. The lowest BCUT2D eigenvalue weighted by Gasteiger charge is -2.60. The summed E-state index contributed by atoms with van der Waals surface area (Å²) in [5.74, 6) is -1.34. The molecule has 0 radical (unpaired) electrons. The summed E-state index contributed by atoms with van der Waals surface area (Å²) in [6, 6.07) is 16.8. The Kier molecular flexibility index (Phi) is 15.9. The number of aliphatic hydroxyl groups is 2. The lowest BCUT2D eigenvalue weighted by molar-refractivity contribution is -0.256. The maximum Gasteiger partial charge on any atom is 0.410 e. The summed E-state index contributed by atoms with van der Waals surface area (Å²) in [4.78, 5) is 26.9. The Hall–Kier alpha value is -4.49. The molecular formula is C48H61ClFN3O8. The number of carbonyl (C=O) groups is 1. The number of hydrogen-bond donors (Lipinski definition) is 2. The summed E-state index contributed by atoms with van der Waals surface area (Å²) >= 11 is 6.07. The predicted octanol–water partition coefficient (Wildman–Crippen LogP) is 9.42. The molecule has 3 aromatic rings. The first-order chi connectivity index (χ1) is 29.4. The first kappa shape index (κ1) is 46.0. The summed E-state index contributed by atoms with van der Waals surface area (Å²) in [5, 5.41) is 24.7. The number of aromatic nitrogens is 1. The molecule has 1 amide bonds. The lowest BCUT2D eigenvalue weighted by Crippen LogP contribution is -2.70. The van der Waals surface area contributed by atoms with Gasteiger partial charge >= 0.3 is 6.09 Å². The van der Waals surface area contributed by atoms with Crippen LogP contribution in [0.4, 0.5) is 9.18 Å². The van der Waals surface area contributed by atoms with E-state index in [9.17, 15) is 19.4 Å². The van der Waals surface area contributed by atoms with Crippen molar-refractivity contribution in [1.82, 2.24) is 9.88 Å². The number of rotatable bonds is 20. The highest BCUT2D eigenvalue weighted by atomic mass is 35.5. The average Bonchev–Trinajstić information content (AvgIpc) is 3.24. The molecule has 330 valence electrons. The van der Waals surface area contributed by atoms with Gasteiger partial charge in [0.05, 0.1) is 29.8 Å². The molecule has 0 spiro atoms. The Labute approximate surface area is 364 Å². The Morgan fingerprint density at radius 1 is 1.08 bits per heavy atom. The molecule has 11 nitrogen and oxygen atoms in total. The third kappa shape index (κ3) is 11.1. The quantitative estimate of drug-likeness (QED) is 0.0494. The summed E-state index contributed by atoms with van der Waals surface area (Å²) in [6.07, 6.45) is 7.94. The van der Waals surface area contributed by atoms with Gasteiger partial charge in [-0.3, -0.25) is 9.88 Å². The first-order valence-corrected chi connectivity index (χ1v) is 22.0. The molecule has 61 heavy (non-hydrogen) atoms. The largest absolute Gasteiger partial charge is 0.487 e. The maximum absolute atomic E-state index is 14.5. The van der Waals surface area contributed by atoms with E-state index in [4.69, 9.17) is 40.5 Å². The molecule has 1 aromatic heterocycles. The Morgan fingerprint density at radius 2 is 1.84 bits per heavy atom. The molecule has 1 saturated carbocycles. The maximum atomic E-state index is 14.5. The number of unbranched alkanes of at least 4 members (excludes halogenated alkanes) is 2. The van der Waals surface area contributed by atoms with Crippen molar-refractivity contribution < 1.29 is 43.2 Å². The number of fused-ring (bicyclic) bond motifs is 2. The van der Waals surface area contributed by atoms with Crippen LogP contribution >= 0.6 is 11.6 Å². The standard InChI is InChI=1S/C48H61ClFN3O8/c1-6-25-59-48-43(53(46(56)57-26-22-49)30-33-16-18-35(50)19-17-33)29-41(52-61-47(3,4)5)39-27-34(13-7-9-23-54)38(15-8-10-24-55)44(45(39)48)40-28-37(20-21-42(40)60-48)58-31-36-14-11-12-32(2)51-36/h6,11-12,14,16-21,27-28,34,38,43-45,54-55H,1,7-10,13,15,22-26,29-31H2,2-5H3. The van der Waals surface area contributed by atoms with Crippen molar-refractivity contribution in [2.24, 2.45) is 22.9 Å². The number of pyridine rings is 1. The van der Waals surface area contributed by atoms with Crippen molar-refractivity contribution in [1.29, 1.82) is 0 Å². The van der Waals surface area contributed by atoms with E-state index < -0.39 is 35.3 Å². The minimum atomic E-state index is -1.52. The van der Waals surface area contributed by atoms with Gasteiger partial charge in [-0.25, -0.2) is 9.18 Å². The van der Waals surface area contributed by atoms with Crippen LogP contribution in [0, 0.1) is 30.5 Å². The van der Waals surface area contributed by atoms with Gasteiger partial charge in [0.25, 0.3) is 0 Å². The van der Waals surface area contributed by atoms with E-state index in [0.29, 0.717) is 35.6 Å². The highest BCUT2D eigenvalue weighted by molar-refractivity contribution is 6.18. The van der Waals surface area contributed by atoms with Crippen LogP contribution in [-0.2, 0) is 27.5 Å². The highest BCUT2D eigenvalue weighted by Gasteiger charge is 2.65. The lowest BCUT2D eigenvalue weighted by atomic mass is 9.55. The van der Waals surface area contributed by atoms with Crippen LogP contribution in [0.3, 0.4) is 0 Å². The number of benzene rings is 2. The van der Waals surface area contributed by atoms with Crippen LogP contribution in [0.15, 0.2) is 90.1 Å². The van der Waals surface area contributed by atoms with Crippen molar-refractivity contribution in [3.63, 3.8) is 0 Å². The van der Waals surface area contributed by atoms with Gasteiger partial charge in [0.1, 0.15) is 42.2 Å². The predicted molar refractivity (Wildman–Crippen MR) is 233 cm³/mol.